The zero-order valence-electron chi connectivity index (χ0n) is 21.0. The largest absolute Gasteiger partial charge is 0.460 e. The van der Waals surface area contributed by atoms with Gasteiger partial charge in [-0.25, -0.2) is 4.98 Å². The van der Waals surface area contributed by atoms with E-state index in [1.54, 1.807) is 56.6 Å². The maximum absolute atomic E-state index is 12.4. The summed E-state index contributed by atoms with van der Waals surface area (Å²) in [4.78, 5) is 35.2. The second-order valence-electron chi connectivity index (χ2n) is 9.02. The number of aliphatic hydroxyl groups excluding tert-OH is 1. The highest BCUT2D eigenvalue weighted by Gasteiger charge is 2.22. The fraction of sp³-hybridized carbons (Fsp3) is 0.259. The number of benzene rings is 2. The van der Waals surface area contributed by atoms with Gasteiger partial charge in [0.25, 0.3) is 5.91 Å². The minimum Gasteiger partial charge on any atom is -0.460 e. The van der Waals surface area contributed by atoms with E-state index in [0.717, 1.165) is 0 Å². The minimum atomic E-state index is -0.367. The summed E-state index contributed by atoms with van der Waals surface area (Å²) in [5, 5.41) is 19.0. The Morgan fingerprint density at radius 2 is 2.03 bits per heavy atom. The number of likely N-dealkylation sites (tertiary alicyclic amines) is 1. The molecule has 11 heteroatoms. The Labute approximate surface area is 218 Å². The molecule has 0 unspecified atom stereocenters. The number of β-amino-alcohol motifs (C(OH)–C–C–N with tert-alkyl or cyclic N) is 1. The smallest absolute Gasteiger partial charge is 0.255 e. The summed E-state index contributed by atoms with van der Waals surface area (Å²) < 4.78 is 11.7. The highest BCUT2D eigenvalue weighted by Crippen LogP contribution is 2.31. The van der Waals surface area contributed by atoms with Crippen LogP contribution in [0.3, 0.4) is 0 Å². The average Bonchev–Trinajstić information content (AvgIpc) is 3.44. The quantitative estimate of drug-likeness (QED) is 0.277. The molecule has 0 bridgehead atoms. The molecule has 196 valence electrons. The fourth-order valence-corrected chi connectivity index (χ4v) is 4.41. The number of rotatable bonds is 8. The summed E-state index contributed by atoms with van der Waals surface area (Å²) in [6.45, 7) is 3.19. The van der Waals surface area contributed by atoms with Gasteiger partial charge in [0.15, 0.2) is 0 Å². The Morgan fingerprint density at radius 3 is 2.82 bits per heavy atom. The van der Waals surface area contributed by atoms with Gasteiger partial charge in [0, 0.05) is 55.2 Å². The number of carbonyl (C=O) groups is 2. The van der Waals surface area contributed by atoms with E-state index >= 15 is 0 Å². The molecule has 38 heavy (non-hydrogen) atoms. The molecular weight excluding hydrogens is 488 g/mol. The highest BCUT2D eigenvalue weighted by molar-refractivity contribution is 6.07. The van der Waals surface area contributed by atoms with Gasteiger partial charge in [0.1, 0.15) is 17.1 Å². The Kier molecular flexibility index (Phi) is 7.20. The molecule has 1 aliphatic heterocycles. The van der Waals surface area contributed by atoms with Crippen LogP contribution in [0.1, 0.15) is 22.5 Å². The number of carbonyl (C=O) groups excluding carboxylic acids is 2. The van der Waals surface area contributed by atoms with Crippen molar-refractivity contribution in [3.63, 3.8) is 0 Å². The van der Waals surface area contributed by atoms with Crippen LogP contribution in [0.2, 0.25) is 0 Å². The second-order valence-corrected chi connectivity index (χ2v) is 9.02. The second kappa shape index (κ2) is 10.9. The van der Waals surface area contributed by atoms with E-state index in [4.69, 9.17) is 9.15 Å². The molecule has 2 aromatic heterocycles. The normalized spacial score (nSPS) is 15.4. The van der Waals surface area contributed by atoms with Gasteiger partial charge in [0.05, 0.1) is 18.2 Å². The van der Waals surface area contributed by atoms with E-state index in [1.165, 1.54) is 0 Å². The molecule has 0 radical (unpaired) electrons. The molecule has 1 fully saturated rings. The Balaban J connectivity index is 1.24. The van der Waals surface area contributed by atoms with E-state index in [0.29, 0.717) is 70.8 Å². The van der Waals surface area contributed by atoms with Crippen molar-refractivity contribution in [1.29, 1.82) is 0 Å². The summed E-state index contributed by atoms with van der Waals surface area (Å²) in [6, 6.07) is 14.1. The maximum Gasteiger partial charge on any atom is 0.255 e. The van der Waals surface area contributed by atoms with Crippen LogP contribution in [0.4, 0.5) is 17.3 Å². The van der Waals surface area contributed by atoms with E-state index < -0.39 is 0 Å². The van der Waals surface area contributed by atoms with Crippen molar-refractivity contribution >= 4 is 40.1 Å². The molecule has 0 spiro atoms. The fourth-order valence-electron chi connectivity index (χ4n) is 4.41. The molecule has 0 saturated carbocycles. The van der Waals surface area contributed by atoms with E-state index in [9.17, 15) is 14.7 Å². The van der Waals surface area contributed by atoms with Crippen molar-refractivity contribution in [2.75, 3.05) is 37.3 Å². The van der Waals surface area contributed by atoms with Gasteiger partial charge in [-0.05, 0) is 43.7 Å². The Morgan fingerprint density at radius 1 is 1.18 bits per heavy atom. The number of hydrogen-bond donors (Lipinski definition) is 4. The SMILES string of the molecule is CNC(=O)c1c(C)oc2cc(Oc3ccnc(Nc4cccc(NC(=O)CN5CC[C@@H](O)C5)c4)n3)ccc12. The topological polar surface area (TPSA) is 142 Å². The number of nitrogens with zero attached hydrogens (tertiary/aromatic N) is 3. The van der Waals surface area contributed by atoms with Gasteiger partial charge in [-0.1, -0.05) is 6.07 Å². The first-order chi connectivity index (χ1) is 18.4. The van der Waals surface area contributed by atoms with Crippen molar-refractivity contribution in [3.8, 4) is 11.6 Å². The lowest BCUT2D eigenvalue weighted by atomic mass is 10.1. The summed E-state index contributed by atoms with van der Waals surface area (Å²) in [5.74, 6) is 1.29. The molecule has 1 aliphatic rings. The van der Waals surface area contributed by atoms with Crippen LogP contribution in [0.15, 0.2) is 59.1 Å². The predicted molar refractivity (Wildman–Crippen MR) is 142 cm³/mol. The highest BCUT2D eigenvalue weighted by atomic mass is 16.5. The zero-order valence-corrected chi connectivity index (χ0v) is 21.0. The molecule has 4 aromatic rings. The molecule has 1 atom stereocenters. The monoisotopic (exact) mass is 516 g/mol. The van der Waals surface area contributed by atoms with E-state index in [2.05, 4.69) is 25.9 Å². The molecule has 0 aliphatic carbocycles. The number of amides is 2. The van der Waals surface area contributed by atoms with Crippen molar-refractivity contribution in [2.24, 2.45) is 0 Å². The number of nitrogens with one attached hydrogen (secondary N) is 3. The van der Waals surface area contributed by atoms with Crippen LogP contribution < -0.4 is 20.7 Å². The lowest BCUT2D eigenvalue weighted by Crippen LogP contribution is -2.32. The summed E-state index contributed by atoms with van der Waals surface area (Å²) in [7, 11) is 1.58. The van der Waals surface area contributed by atoms with Gasteiger partial charge in [-0.2, -0.15) is 4.98 Å². The third kappa shape index (κ3) is 5.74. The number of furan rings is 1. The molecule has 4 N–H and O–H groups in total. The number of fused-ring (bicyclic) bond motifs is 1. The van der Waals surface area contributed by atoms with Crippen LogP contribution in [0.25, 0.3) is 11.0 Å². The predicted octanol–water partition coefficient (Wildman–Crippen LogP) is 3.43. The van der Waals surface area contributed by atoms with E-state index in [-0.39, 0.29) is 24.5 Å². The Bertz CT molecular complexity index is 1490. The first kappa shape index (κ1) is 25.2. The maximum atomic E-state index is 12.4. The van der Waals surface area contributed by atoms with Crippen molar-refractivity contribution in [3.05, 3.63) is 66.1 Å². The van der Waals surface area contributed by atoms with Crippen LogP contribution >= 0.6 is 0 Å². The first-order valence-electron chi connectivity index (χ1n) is 12.2. The molecule has 1 saturated heterocycles. The zero-order chi connectivity index (χ0) is 26.6. The number of aryl methyl sites for hydroxylation is 1. The number of hydrogen-bond acceptors (Lipinski definition) is 9. The molecule has 2 aromatic carbocycles. The Hall–Kier alpha value is -4.48. The number of aliphatic hydroxyl groups is 1. The third-order valence-electron chi connectivity index (χ3n) is 6.16. The molecule has 3 heterocycles. The third-order valence-corrected chi connectivity index (χ3v) is 6.16. The summed E-state index contributed by atoms with van der Waals surface area (Å²) >= 11 is 0. The van der Waals surface area contributed by atoms with Crippen LogP contribution in [0.5, 0.6) is 11.6 Å². The van der Waals surface area contributed by atoms with Crippen molar-refractivity contribution in [2.45, 2.75) is 19.4 Å². The minimum absolute atomic E-state index is 0.144. The van der Waals surface area contributed by atoms with Gasteiger partial charge < -0.3 is 30.2 Å². The number of anilines is 3. The molecule has 11 nitrogen and oxygen atoms in total. The molecule has 2 amide bonds. The standard InChI is InChI=1S/C27H28N6O5/c1-16-25(26(36)28-2)21-7-6-20(13-22(21)37-16)38-24-8-10-29-27(32-24)31-18-5-3-4-17(12-18)30-23(35)15-33-11-9-19(34)14-33/h3-8,10,12-13,19,34H,9,11,14-15H2,1-2H3,(H,28,36)(H,30,35)(H,29,31,32)/t19-/m1/s1. The van der Waals surface area contributed by atoms with Gasteiger partial charge in [0.2, 0.25) is 17.7 Å². The first-order valence-corrected chi connectivity index (χ1v) is 12.2. The average molecular weight is 517 g/mol. The lowest BCUT2D eigenvalue weighted by Gasteiger charge is -2.15. The van der Waals surface area contributed by atoms with Crippen molar-refractivity contribution in [1.82, 2.24) is 20.2 Å². The number of aromatic nitrogens is 2. The van der Waals surface area contributed by atoms with Gasteiger partial charge in [-0.3, -0.25) is 14.5 Å². The van der Waals surface area contributed by atoms with Gasteiger partial charge >= 0.3 is 0 Å². The number of ether oxygens (including phenoxy) is 1. The molecule has 5 rings (SSSR count). The summed E-state index contributed by atoms with van der Waals surface area (Å²) in [5.41, 5.74) is 2.35. The van der Waals surface area contributed by atoms with Crippen LogP contribution in [-0.4, -0.2) is 64.6 Å². The van der Waals surface area contributed by atoms with Crippen LogP contribution in [-0.2, 0) is 4.79 Å². The van der Waals surface area contributed by atoms with Gasteiger partial charge in [-0.15, -0.1) is 0 Å². The summed E-state index contributed by atoms with van der Waals surface area (Å²) in [6.07, 6.45) is 1.89. The van der Waals surface area contributed by atoms with Crippen molar-refractivity contribution < 1.29 is 23.8 Å². The van der Waals surface area contributed by atoms with E-state index in [1.807, 2.05) is 17.0 Å². The molecular formula is C27H28N6O5. The van der Waals surface area contributed by atoms with Crippen LogP contribution in [0, 0.1) is 6.92 Å². The lowest BCUT2D eigenvalue weighted by molar-refractivity contribution is -0.117.